The molecule has 0 radical (unpaired) electrons. The van der Waals surface area contributed by atoms with Gasteiger partial charge in [0.25, 0.3) is 5.91 Å². The Labute approximate surface area is 117 Å². The number of aromatic nitrogens is 1. The second kappa shape index (κ2) is 5.46. The van der Waals surface area contributed by atoms with Gasteiger partial charge in [-0.1, -0.05) is 6.07 Å². The third kappa shape index (κ3) is 2.32. The highest BCUT2D eigenvalue weighted by atomic mass is 16.4. The molecule has 0 bridgehead atoms. The highest BCUT2D eigenvalue weighted by molar-refractivity contribution is 5.92. The van der Waals surface area contributed by atoms with Gasteiger partial charge in [0.1, 0.15) is 5.76 Å². The molecule has 5 nitrogen and oxygen atoms in total. The van der Waals surface area contributed by atoms with Crippen LogP contribution in [0.15, 0.2) is 41.1 Å². The first-order valence-corrected chi connectivity index (χ1v) is 6.79. The Hall–Kier alpha value is -2.14. The topological polar surface area (TPSA) is 72.4 Å². The fourth-order valence-corrected chi connectivity index (χ4v) is 2.67. The monoisotopic (exact) mass is 271 g/mol. The van der Waals surface area contributed by atoms with E-state index in [1.54, 1.807) is 18.3 Å². The maximum atomic E-state index is 12.5. The highest BCUT2D eigenvalue weighted by Gasteiger charge is 2.32. The summed E-state index contributed by atoms with van der Waals surface area (Å²) in [7, 11) is 0. The van der Waals surface area contributed by atoms with E-state index in [0.717, 1.165) is 24.9 Å². The van der Waals surface area contributed by atoms with Crippen molar-refractivity contribution < 1.29 is 9.21 Å². The Kier molecular flexibility index (Phi) is 3.52. The average Bonchev–Trinajstić information content (AvgIpc) is 3.16. The van der Waals surface area contributed by atoms with Crippen LogP contribution >= 0.6 is 0 Å². The van der Waals surface area contributed by atoms with Gasteiger partial charge >= 0.3 is 0 Å². The van der Waals surface area contributed by atoms with Crippen LogP contribution < -0.4 is 5.73 Å². The summed E-state index contributed by atoms with van der Waals surface area (Å²) in [6.45, 7) is 1.05. The van der Waals surface area contributed by atoms with Crippen LogP contribution in [-0.2, 0) is 6.54 Å². The van der Waals surface area contributed by atoms with Gasteiger partial charge in [0.05, 0.1) is 12.6 Å². The number of pyridine rings is 1. The number of carbonyl (C=O) groups excluding carboxylic acids is 1. The molecule has 1 aliphatic rings. The fourth-order valence-electron chi connectivity index (χ4n) is 2.67. The van der Waals surface area contributed by atoms with Gasteiger partial charge < -0.3 is 15.1 Å². The first-order chi connectivity index (χ1) is 9.79. The Morgan fingerprint density at radius 2 is 2.35 bits per heavy atom. The second-order valence-electron chi connectivity index (χ2n) is 4.91. The minimum Gasteiger partial charge on any atom is -0.455 e. The lowest BCUT2D eigenvalue weighted by atomic mass is 10.1. The lowest BCUT2D eigenvalue weighted by Crippen LogP contribution is -2.30. The van der Waals surface area contributed by atoms with E-state index < -0.39 is 0 Å². The normalized spacial score (nSPS) is 18.4. The largest absolute Gasteiger partial charge is 0.455 e. The Balaban J connectivity index is 1.83. The van der Waals surface area contributed by atoms with Crippen molar-refractivity contribution in [3.05, 3.63) is 53.7 Å². The van der Waals surface area contributed by atoms with E-state index in [1.807, 2.05) is 23.2 Å². The van der Waals surface area contributed by atoms with E-state index in [0.29, 0.717) is 18.1 Å². The summed E-state index contributed by atoms with van der Waals surface area (Å²) in [5.74, 6) is 0.919. The van der Waals surface area contributed by atoms with Crippen molar-refractivity contribution in [2.45, 2.75) is 25.4 Å². The third-order valence-electron chi connectivity index (χ3n) is 3.66. The van der Waals surface area contributed by atoms with Crippen LogP contribution in [0.2, 0.25) is 0 Å². The van der Waals surface area contributed by atoms with Crippen molar-refractivity contribution in [3.8, 4) is 0 Å². The van der Waals surface area contributed by atoms with Gasteiger partial charge in [0.15, 0.2) is 5.76 Å². The molecule has 5 heteroatoms. The smallest absolute Gasteiger partial charge is 0.290 e. The number of amides is 1. The number of furan rings is 1. The van der Waals surface area contributed by atoms with Gasteiger partial charge in [-0.3, -0.25) is 9.78 Å². The fraction of sp³-hybridized carbons (Fsp3) is 0.333. The molecule has 2 N–H and O–H groups in total. The minimum absolute atomic E-state index is 0.0731. The first-order valence-electron chi connectivity index (χ1n) is 6.79. The maximum absolute atomic E-state index is 12.5. The van der Waals surface area contributed by atoms with Gasteiger partial charge in [0.2, 0.25) is 0 Å². The van der Waals surface area contributed by atoms with E-state index in [1.165, 1.54) is 0 Å². The van der Waals surface area contributed by atoms with Crippen LogP contribution in [0.5, 0.6) is 0 Å². The number of carbonyl (C=O) groups is 1. The van der Waals surface area contributed by atoms with Crippen LogP contribution in [0, 0.1) is 0 Å². The maximum Gasteiger partial charge on any atom is 0.290 e. The molecule has 1 aliphatic heterocycles. The molecular weight excluding hydrogens is 254 g/mol. The van der Waals surface area contributed by atoms with E-state index in [4.69, 9.17) is 10.2 Å². The number of likely N-dealkylation sites (tertiary alicyclic amines) is 1. The van der Waals surface area contributed by atoms with Gasteiger partial charge in [-0.25, -0.2) is 0 Å². The summed E-state index contributed by atoms with van der Waals surface area (Å²) in [6, 6.07) is 7.44. The van der Waals surface area contributed by atoms with Gasteiger partial charge in [-0.15, -0.1) is 0 Å². The standard InChI is InChI=1S/C15H17N3O2/c16-9-12-5-6-14(20-12)15(19)18-8-2-4-13(18)11-3-1-7-17-10-11/h1,3,5-7,10,13H,2,4,8-9,16H2. The summed E-state index contributed by atoms with van der Waals surface area (Å²) in [5.41, 5.74) is 6.58. The molecule has 0 aliphatic carbocycles. The number of hydrogen-bond acceptors (Lipinski definition) is 4. The SMILES string of the molecule is NCc1ccc(C(=O)N2CCCC2c2cccnc2)o1. The summed E-state index contributed by atoms with van der Waals surface area (Å²) in [6.07, 6.45) is 5.52. The zero-order valence-corrected chi connectivity index (χ0v) is 11.2. The van der Waals surface area contributed by atoms with Crippen LogP contribution in [0.4, 0.5) is 0 Å². The van der Waals surface area contributed by atoms with Crippen LogP contribution in [0.3, 0.4) is 0 Å². The Morgan fingerprint density at radius 3 is 3.05 bits per heavy atom. The summed E-state index contributed by atoms with van der Waals surface area (Å²) < 4.78 is 5.46. The second-order valence-corrected chi connectivity index (χ2v) is 4.91. The van der Waals surface area contributed by atoms with E-state index in [9.17, 15) is 4.79 Å². The molecule has 1 saturated heterocycles. The van der Waals surface area contributed by atoms with Crippen molar-refractivity contribution in [2.75, 3.05) is 6.54 Å². The predicted octanol–water partition coefficient (Wildman–Crippen LogP) is 2.11. The zero-order valence-electron chi connectivity index (χ0n) is 11.2. The molecule has 0 saturated carbocycles. The lowest BCUT2D eigenvalue weighted by Gasteiger charge is -2.23. The molecule has 0 spiro atoms. The molecule has 1 fully saturated rings. The summed E-state index contributed by atoms with van der Waals surface area (Å²) >= 11 is 0. The quantitative estimate of drug-likeness (QED) is 0.928. The highest BCUT2D eigenvalue weighted by Crippen LogP contribution is 2.32. The van der Waals surface area contributed by atoms with E-state index in [-0.39, 0.29) is 11.9 Å². The average molecular weight is 271 g/mol. The zero-order chi connectivity index (χ0) is 13.9. The predicted molar refractivity (Wildman–Crippen MR) is 73.8 cm³/mol. The molecule has 1 unspecified atom stereocenters. The molecule has 2 aromatic rings. The van der Waals surface area contributed by atoms with Crippen LogP contribution in [0.1, 0.15) is 40.8 Å². The first kappa shape index (κ1) is 12.9. The molecule has 3 rings (SSSR count). The Morgan fingerprint density at radius 1 is 1.45 bits per heavy atom. The molecule has 3 heterocycles. The molecule has 1 atom stereocenters. The van der Waals surface area contributed by atoms with Gasteiger partial charge in [-0.2, -0.15) is 0 Å². The number of rotatable bonds is 3. The summed E-state index contributed by atoms with van der Waals surface area (Å²) in [4.78, 5) is 18.5. The molecular formula is C15H17N3O2. The number of nitrogens with two attached hydrogens (primary N) is 1. The summed E-state index contributed by atoms with van der Waals surface area (Å²) in [5, 5.41) is 0. The molecule has 20 heavy (non-hydrogen) atoms. The van der Waals surface area contributed by atoms with Crippen molar-refractivity contribution in [1.82, 2.24) is 9.88 Å². The third-order valence-corrected chi connectivity index (χ3v) is 3.66. The van der Waals surface area contributed by atoms with Crippen molar-refractivity contribution >= 4 is 5.91 Å². The molecule has 2 aromatic heterocycles. The molecule has 1 amide bonds. The van der Waals surface area contributed by atoms with Crippen LogP contribution in [0.25, 0.3) is 0 Å². The van der Waals surface area contributed by atoms with Gasteiger partial charge in [0, 0.05) is 18.9 Å². The number of nitrogens with zero attached hydrogens (tertiary/aromatic N) is 2. The van der Waals surface area contributed by atoms with E-state index in [2.05, 4.69) is 4.98 Å². The molecule has 0 aromatic carbocycles. The number of hydrogen-bond donors (Lipinski definition) is 1. The van der Waals surface area contributed by atoms with Crippen LogP contribution in [-0.4, -0.2) is 22.3 Å². The van der Waals surface area contributed by atoms with E-state index >= 15 is 0 Å². The molecule has 104 valence electrons. The van der Waals surface area contributed by atoms with Gasteiger partial charge in [-0.05, 0) is 36.6 Å². The van der Waals surface area contributed by atoms with Crippen molar-refractivity contribution in [2.24, 2.45) is 5.73 Å². The minimum atomic E-state index is -0.0731. The lowest BCUT2D eigenvalue weighted by molar-refractivity contribution is 0.0701. The Bertz CT molecular complexity index is 594. The van der Waals surface area contributed by atoms with Crippen molar-refractivity contribution in [3.63, 3.8) is 0 Å². The van der Waals surface area contributed by atoms with Crippen molar-refractivity contribution in [1.29, 1.82) is 0 Å².